The highest BCUT2D eigenvalue weighted by molar-refractivity contribution is 7.89. The van der Waals surface area contributed by atoms with Gasteiger partial charge in [-0.05, 0) is 36.4 Å². The Hall–Kier alpha value is -3.08. The molecule has 2 N–H and O–H groups in total. The number of hydrogen-bond acceptors (Lipinski definition) is 6. The third-order valence-electron chi connectivity index (χ3n) is 4.21. The molecular formula is C19H17N3O5S2. The highest BCUT2D eigenvalue weighted by atomic mass is 32.2. The van der Waals surface area contributed by atoms with Crippen LogP contribution < -0.4 is 10.3 Å². The van der Waals surface area contributed by atoms with Gasteiger partial charge in [0.05, 0.1) is 9.82 Å². The van der Waals surface area contributed by atoms with Crippen molar-refractivity contribution in [2.24, 2.45) is 0 Å². The van der Waals surface area contributed by atoms with E-state index in [9.17, 15) is 23.3 Å². The van der Waals surface area contributed by atoms with E-state index in [1.165, 1.54) is 30.4 Å². The third kappa shape index (κ3) is 4.50. The molecule has 0 aliphatic heterocycles. The van der Waals surface area contributed by atoms with Crippen LogP contribution in [-0.4, -0.2) is 19.2 Å². The minimum absolute atomic E-state index is 0.281. The Morgan fingerprint density at radius 3 is 2.41 bits per heavy atom. The molecule has 3 rings (SSSR count). The second-order valence-electron chi connectivity index (χ2n) is 6.30. The van der Waals surface area contributed by atoms with Crippen LogP contribution in [0, 0.1) is 24.0 Å². The minimum atomic E-state index is -4.20. The lowest BCUT2D eigenvalue weighted by molar-refractivity contribution is -0.385. The van der Waals surface area contributed by atoms with E-state index >= 15 is 0 Å². The Balaban J connectivity index is 1.81. The average Bonchev–Trinajstić information content (AvgIpc) is 3.16. The molecule has 0 aliphatic carbocycles. The molecule has 0 radical (unpaired) electrons. The molecule has 150 valence electrons. The molecule has 0 aliphatic rings. The van der Waals surface area contributed by atoms with E-state index in [0.29, 0.717) is 16.0 Å². The van der Waals surface area contributed by atoms with E-state index in [0.717, 1.165) is 17.2 Å². The fourth-order valence-corrected chi connectivity index (χ4v) is 4.58. The van der Waals surface area contributed by atoms with Gasteiger partial charge in [0, 0.05) is 17.7 Å². The first-order valence-electron chi connectivity index (χ1n) is 8.41. The minimum Gasteiger partial charge on any atom is -0.273 e. The fourth-order valence-electron chi connectivity index (χ4n) is 2.66. The smallest absolute Gasteiger partial charge is 0.273 e. The number of hydrazine groups is 1. The van der Waals surface area contributed by atoms with Gasteiger partial charge in [-0.25, -0.2) is 8.42 Å². The van der Waals surface area contributed by atoms with Crippen molar-refractivity contribution in [1.29, 1.82) is 0 Å². The van der Waals surface area contributed by atoms with Crippen LogP contribution in [0.25, 0.3) is 11.1 Å². The number of nitro groups is 1. The first-order chi connectivity index (χ1) is 13.7. The molecule has 0 saturated carbocycles. The molecule has 1 amide bonds. The number of hydrogen-bond donors (Lipinski definition) is 2. The Labute approximate surface area is 171 Å². The van der Waals surface area contributed by atoms with Gasteiger partial charge in [-0.3, -0.25) is 20.3 Å². The van der Waals surface area contributed by atoms with Crippen molar-refractivity contribution >= 4 is 33.0 Å². The molecule has 0 bridgehead atoms. The largest absolute Gasteiger partial charge is 0.276 e. The summed E-state index contributed by atoms with van der Waals surface area (Å²) in [5, 5.41) is 12.7. The van der Waals surface area contributed by atoms with Crippen LogP contribution in [0.1, 0.15) is 20.8 Å². The standard InChI is InChI=1S/C19H17N3O5S2/c1-12-3-6-14(7-4-12)16-9-10-28-18(16)19(23)20-21-29(26,27)17-11-15(22(24)25)8-5-13(17)2/h3-11,21H,1-2H3,(H,20,23). The van der Waals surface area contributed by atoms with Gasteiger partial charge < -0.3 is 0 Å². The number of carbonyl (C=O) groups is 1. The van der Waals surface area contributed by atoms with Crippen molar-refractivity contribution in [2.75, 3.05) is 0 Å². The van der Waals surface area contributed by atoms with E-state index in [4.69, 9.17) is 0 Å². The van der Waals surface area contributed by atoms with Gasteiger partial charge in [0.15, 0.2) is 0 Å². The molecule has 1 heterocycles. The van der Waals surface area contributed by atoms with Crippen molar-refractivity contribution in [2.45, 2.75) is 18.7 Å². The zero-order chi connectivity index (χ0) is 21.2. The number of sulfonamides is 1. The number of carbonyl (C=O) groups excluding carboxylic acids is 1. The highest BCUT2D eigenvalue weighted by Gasteiger charge is 2.22. The molecule has 0 spiro atoms. The van der Waals surface area contributed by atoms with E-state index in [1.54, 1.807) is 11.4 Å². The number of thiophene rings is 1. The van der Waals surface area contributed by atoms with Crippen LogP contribution >= 0.6 is 11.3 Å². The van der Waals surface area contributed by atoms with Crippen molar-refractivity contribution < 1.29 is 18.1 Å². The first kappa shape index (κ1) is 20.6. The summed E-state index contributed by atoms with van der Waals surface area (Å²) in [4.78, 5) is 24.9. The van der Waals surface area contributed by atoms with Crippen LogP contribution in [0.2, 0.25) is 0 Å². The van der Waals surface area contributed by atoms with Gasteiger partial charge in [0.25, 0.3) is 21.6 Å². The Morgan fingerprint density at radius 1 is 1.07 bits per heavy atom. The zero-order valence-electron chi connectivity index (χ0n) is 15.5. The number of nitrogens with one attached hydrogen (secondary N) is 2. The van der Waals surface area contributed by atoms with Gasteiger partial charge in [0.1, 0.15) is 4.88 Å². The normalized spacial score (nSPS) is 11.2. The van der Waals surface area contributed by atoms with Gasteiger partial charge in [-0.15, -0.1) is 16.2 Å². The lowest BCUT2D eigenvalue weighted by Crippen LogP contribution is -2.41. The second kappa shape index (κ2) is 8.11. The number of nitro benzene ring substituents is 1. The predicted molar refractivity (Wildman–Crippen MR) is 110 cm³/mol. The maximum atomic E-state index is 12.6. The first-order valence-corrected chi connectivity index (χ1v) is 10.8. The van der Waals surface area contributed by atoms with Gasteiger partial charge in [-0.2, -0.15) is 0 Å². The van der Waals surface area contributed by atoms with Gasteiger partial charge in [0.2, 0.25) is 0 Å². The second-order valence-corrected chi connectivity index (χ2v) is 8.86. The monoisotopic (exact) mass is 431 g/mol. The summed E-state index contributed by atoms with van der Waals surface area (Å²) in [5.74, 6) is -0.623. The summed E-state index contributed by atoms with van der Waals surface area (Å²) in [6.45, 7) is 3.46. The molecule has 29 heavy (non-hydrogen) atoms. The van der Waals surface area contributed by atoms with Gasteiger partial charge in [-0.1, -0.05) is 35.9 Å². The number of rotatable bonds is 6. The Bertz CT molecular complexity index is 1180. The summed E-state index contributed by atoms with van der Waals surface area (Å²) >= 11 is 1.18. The molecule has 3 aromatic rings. The van der Waals surface area contributed by atoms with Crippen molar-refractivity contribution in [1.82, 2.24) is 10.3 Å². The Morgan fingerprint density at radius 2 is 1.76 bits per heavy atom. The summed E-state index contributed by atoms with van der Waals surface area (Å²) in [7, 11) is -4.20. The van der Waals surface area contributed by atoms with E-state index in [2.05, 4.69) is 5.43 Å². The predicted octanol–water partition coefficient (Wildman–Crippen LogP) is 3.56. The van der Waals surface area contributed by atoms with E-state index in [1.807, 2.05) is 36.0 Å². The molecule has 8 nitrogen and oxygen atoms in total. The molecule has 1 aromatic heterocycles. The van der Waals surface area contributed by atoms with Crippen LogP contribution in [-0.2, 0) is 10.0 Å². The molecule has 2 aromatic carbocycles. The lowest BCUT2D eigenvalue weighted by atomic mass is 10.1. The average molecular weight is 431 g/mol. The molecule has 0 atom stereocenters. The van der Waals surface area contributed by atoms with Crippen LogP contribution in [0.3, 0.4) is 0 Å². The topological polar surface area (TPSA) is 118 Å². The molecular weight excluding hydrogens is 414 g/mol. The van der Waals surface area contributed by atoms with Crippen molar-refractivity contribution in [3.63, 3.8) is 0 Å². The summed E-state index contributed by atoms with van der Waals surface area (Å²) in [6, 6.07) is 12.9. The zero-order valence-corrected chi connectivity index (χ0v) is 17.1. The van der Waals surface area contributed by atoms with Crippen molar-refractivity contribution in [3.05, 3.63) is 80.0 Å². The summed E-state index contributed by atoms with van der Waals surface area (Å²) in [5.41, 5.74) is 4.73. The van der Waals surface area contributed by atoms with E-state index < -0.39 is 20.9 Å². The molecule has 0 saturated heterocycles. The van der Waals surface area contributed by atoms with Crippen LogP contribution in [0.4, 0.5) is 5.69 Å². The number of amides is 1. The quantitative estimate of drug-likeness (QED) is 0.457. The maximum absolute atomic E-state index is 12.6. The van der Waals surface area contributed by atoms with Crippen LogP contribution in [0.15, 0.2) is 58.8 Å². The van der Waals surface area contributed by atoms with Crippen LogP contribution in [0.5, 0.6) is 0 Å². The SMILES string of the molecule is Cc1ccc(-c2ccsc2C(=O)NNS(=O)(=O)c2cc([N+](=O)[O-])ccc2C)cc1. The lowest BCUT2D eigenvalue weighted by Gasteiger charge is -2.11. The molecule has 0 fully saturated rings. The van der Waals surface area contributed by atoms with Crippen molar-refractivity contribution in [3.8, 4) is 11.1 Å². The fraction of sp³-hybridized carbons (Fsp3) is 0.105. The number of nitrogens with zero attached hydrogens (tertiary/aromatic N) is 1. The Kier molecular flexibility index (Phi) is 5.78. The van der Waals surface area contributed by atoms with E-state index in [-0.39, 0.29) is 10.6 Å². The number of non-ortho nitro benzene ring substituents is 1. The summed E-state index contributed by atoms with van der Waals surface area (Å²) < 4.78 is 25.1. The molecule has 0 unspecified atom stereocenters. The third-order valence-corrected chi connectivity index (χ3v) is 6.51. The number of aryl methyl sites for hydroxylation is 2. The highest BCUT2D eigenvalue weighted by Crippen LogP contribution is 2.28. The molecule has 10 heteroatoms. The van der Waals surface area contributed by atoms with Gasteiger partial charge >= 0.3 is 0 Å². The summed E-state index contributed by atoms with van der Waals surface area (Å²) in [6.07, 6.45) is 0. The number of benzene rings is 2. The maximum Gasteiger partial charge on any atom is 0.276 e.